The molecule has 0 aliphatic carbocycles. The maximum absolute atomic E-state index is 9.62. The van der Waals surface area contributed by atoms with Gasteiger partial charge in [0.15, 0.2) is 0 Å². The fourth-order valence-electron chi connectivity index (χ4n) is 0.725. The van der Waals surface area contributed by atoms with Gasteiger partial charge in [0.05, 0.1) is 0 Å². The van der Waals surface area contributed by atoms with Gasteiger partial charge in [-0.3, -0.25) is 5.32 Å². The lowest BCUT2D eigenvalue weighted by atomic mass is 10.4. The maximum Gasteiger partial charge on any atom is 0.320 e. The third kappa shape index (κ3) is 23.4. The quantitative estimate of drug-likeness (QED) is 0.401. The SMILES string of the molecule is C1CNCCN1.Cl.Cl.Cl.NC(=O)NC(N)=O. The van der Waals surface area contributed by atoms with Crippen LogP contribution in [-0.4, -0.2) is 38.2 Å². The molecule has 0 aromatic carbocycles. The molecule has 0 aromatic rings. The van der Waals surface area contributed by atoms with E-state index in [-0.39, 0.29) is 37.2 Å². The molecule has 1 aliphatic heterocycles. The van der Waals surface area contributed by atoms with Crippen molar-refractivity contribution in [3.8, 4) is 0 Å². The van der Waals surface area contributed by atoms with Crippen molar-refractivity contribution in [3.05, 3.63) is 0 Å². The number of hydrogen-bond donors (Lipinski definition) is 5. The number of nitrogens with two attached hydrogens (primary N) is 2. The molecular weight excluding hydrogens is 280 g/mol. The fourth-order valence-corrected chi connectivity index (χ4v) is 0.725. The Labute approximate surface area is 113 Å². The smallest absolute Gasteiger partial charge is 0.320 e. The van der Waals surface area contributed by atoms with E-state index in [0.717, 1.165) is 26.2 Å². The molecule has 0 atom stereocenters. The minimum atomic E-state index is -0.938. The Kier molecular flexibility index (Phi) is 26.1. The van der Waals surface area contributed by atoms with Crippen molar-refractivity contribution in [2.24, 2.45) is 11.5 Å². The summed E-state index contributed by atoms with van der Waals surface area (Å²) >= 11 is 0. The van der Waals surface area contributed by atoms with Gasteiger partial charge in [-0.25, -0.2) is 9.59 Å². The molecule has 1 saturated heterocycles. The van der Waals surface area contributed by atoms with E-state index in [0.29, 0.717) is 0 Å². The minimum Gasteiger partial charge on any atom is -0.351 e. The van der Waals surface area contributed by atoms with Crippen LogP contribution < -0.4 is 27.4 Å². The zero-order valence-electron chi connectivity index (χ0n) is 8.52. The summed E-state index contributed by atoms with van der Waals surface area (Å²) in [7, 11) is 0. The van der Waals surface area contributed by atoms with Crippen molar-refractivity contribution in [1.82, 2.24) is 16.0 Å². The molecule has 16 heavy (non-hydrogen) atoms. The average molecular weight is 299 g/mol. The number of hydrogen-bond acceptors (Lipinski definition) is 4. The second-order valence-electron chi connectivity index (χ2n) is 2.35. The summed E-state index contributed by atoms with van der Waals surface area (Å²) in [6, 6.07) is -1.88. The Hall–Kier alpha value is -0.470. The first-order valence-corrected chi connectivity index (χ1v) is 3.90. The number of urea groups is 2. The molecule has 10 heteroatoms. The first kappa shape index (κ1) is 24.7. The Morgan fingerprint density at radius 2 is 1.06 bits per heavy atom. The van der Waals surface area contributed by atoms with E-state index >= 15 is 0 Å². The van der Waals surface area contributed by atoms with E-state index < -0.39 is 12.1 Å². The summed E-state index contributed by atoms with van der Waals surface area (Å²) in [5.74, 6) is 0. The van der Waals surface area contributed by atoms with Gasteiger partial charge in [-0.2, -0.15) is 0 Å². The van der Waals surface area contributed by atoms with Crippen LogP contribution in [0.3, 0.4) is 0 Å². The predicted octanol–water partition coefficient (Wildman–Crippen LogP) is -0.822. The van der Waals surface area contributed by atoms with E-state index in [1.807, 2.05) is 0 Å². The van der Waals surface area contributed by atoms with Gasteiger partial charge in [-0.1, -0.05) is 0 Å². The summed E-state index contributed by atoms with van der Waals surface area (Å²) in [6.07, 6.45) is 0. The predicted molar refractivity (Wildman–Crippen MR) is 69.8 cm³/mol. The first-order valence-electron chi connectivity index (χ1n) is 3.90. The zero-order valence-corrected chi connectivity index (χ0v) is 11.0. The number of piperazine rings is 1. The van der Waals surface area contributed by atoms with Crippen molar-refractivity contribution in [3.63, 3.8) is 0 Å². The monoisotopic (exact) mass is 297 g/mol. The highest BCUT2D eigenvalue weighted by Gasteiger charge is 1.92. The van der Waals surface area contributed by atoms with Crippen LogP contribution >= 0.6 is 37.2 Å². The molecular formula is C6H18Cl3N5O2. The highest BCUT2D eigenvalue weighted by molar-refractivity contribution is 5.91. The second-order valence-corrected chi connectivity index (χ2v) is 2.35. The molecule has 0 saturated carbocycles. The molecule has 7 N–H and O–H groups in total. The topological polar surface area (TPSA) is 122 Å². The maximum atomic E-state index is 9.62. The first-order chi connectivity index (χ1) is 6.13. The molecule has 0 unspecified atom stereocenters. The number of imide groups is 1. The Morgan fingerprint density at radius 1 is 0.812 bits per heavy atom. The molecule has 100 valence electrons. The third-order valence-electron chi connectivity index (χ3n) is 1.20. The number of primary amides is 2. The lowest BCUT2D eigenvalue weighted by molar-refractivity contribution is 0.236. The van der Waals surface area contributed by atoms with Crippen molar-refractivity contribution >= 4 is 49.3 Å². The Bertz CT molecular complexity index is 156. The molecule has 1 aliphatic rings. The second kappa shape index (κ2) is 16.9. The van der Waals surface area contributed by atoms with Gasteiger partial charge in [-0.15, -0.1) is 37.2 Å². The summed E-state index contributed by atoms with van der Waals surface area (Å²) < 4.78 is 0. The molecule has 0 radical (unpaired) electrons. The van der Waals surface area contributed by atoms with Gasteiger partial charge in [0.1, 0.15) is 0 Å². The molecule has 0 bridgehead atoms. The van der Waals surface area contributed by atoms with Crippen LogP contribution in [0.5, 0.6) is 0 Å². The number of nitrogens with one attached hydrogen (secondary N) is 3. The van der Waals surface area contributed by atoms with Gasteiger partial charge < -0.3 is 22.1 Å². The molecule has 1 fully saturated rings. The number of carbonyl (C=O) groups is 2. The van der Waals surface area contributed by atoms with E-state index in [2.05, 4.69) is 22.1 Å². The summed E-state index contributed by atoms with van der Waals surface area (Å²) in [4.78, 5) is 19.2. The molecule has 1 heterocycles. The normalized spacial score (nSPS) is 12.2. The molecule has 7 nitrogen and oxygen atoms in total. The highest BCUT2D eigenvalue weighted by Crippen LogP contribution is 1.65. The number of rotatable bonds is 0. The number of carbonyl (C=O) groups excluding carboxylic acids is 2. The summed E-state index contributed by atoms with van der Waals surface area (Å²) in [6.45, 7) is 4.56. The van der Waals surface area contributed by atoms with Crippen LogP contribution in [0.2, 0.25) is 0 Å². The van der Waals surface area contributed by atoms with Gasteiger partial charge >= 0.3 is 12.1 Å². The lowest BCUT2D eigenvalue weighted by Gasteiger charge is -2.11. The van der Waals surface area contributed by atoms with Crippen LogP contribution in [0, 0.1) is 0 Å². The van der Waals surface area contributed by atoms with E-state index in [9.17, 15) is 9.59 Å². The van der Waals surface area contributed by atoms with Crippen molar-refractivity contribution in [1.29, 1.82) is 0 Å². The van der Waals surface area contributed by atoms with Crippen LogP contribution in [0.1, 0.15) is 0 Å². The zero-order chi connectivity index (χ0) is 10.1. The largest absolute Gasteiger partial charge is 0.351 e. The number of halogens is 3. The fraction of sp³-hybridized carbons (Fsp3) is 0.667. The minimum absolute atomic E-state index is 0. The summed E-state index contributed by atoms with van der Waals surface area (Å²) in [5.41, 5.74) is 8.88. The van der Waals surface area contributed by atoms with E-state index in [4.69, 9.17) is 0 Å². The standard InChI is InChI=1S/C4H10N2.C2H5N3O2.3ClH/c1-2-6-4-3-5-1;3-1(6)5-2(4)7;;;/h5-6H,1-4H2;(H5,3,4,5,6,7);3*1H. The van der Waals surface area contributed by atoms with Gasteiger partial charge in [0, 0.05) is 26.2 Å². The number of amides is 4. The van der Waals surface area contributed by atoms with Gasteiger partial charge in [0.25, 0.3) is 0 Å². The third-order valence-corrected chi connectivity index (χ3v) is 1.20. The average Bonchev–Trinajstić information content (AvgIpc) is 2.06. The van der Waals surface area contributed by atoms with Crippen LogP contribution in [0.25, 0.3) is 0 Å². The van der Waals surface area contributed by atoms with E-state index in [1.54, 1.807) is 5.32 Å². The van der Waals surface area contributed by atoms with Gasteiger partial charge in [0.2, 0.25) is 0 Å². The Morgan fingerprint density at radius 3 is 1.12 bits per heavy atom. The van der Waals surface area contributed by atoms with Crippen molar-refractivity contribution < 1.29 is 9.59 Å². The Balaban J connectivity index is -0.0000000760. The van der Waals surface area contributed by atoms with Crippen LogP contribution in [-0.2, 0) is 0 Å². The van der Waals surface area contributed by atoms with Crippen LogP contribution in [0.15, 0.2) is 0 Å². The molecule has 0 spiro atoms. The van der Waals surface area contributed by atoms with Gasteiger partial charge in [-0.05, 0) is 0 Å². The lowest BCUT2D eigenvalue weighted by Crippen LogP contribution is -2.39. The van der Waals surface area contributed by atoms with Crippen molar-refractivity contribution in [2.45, 2.75) is 0 Å². The summed E-state index contributed by atoms with van der Waals surface area (Å²) in [5, 5.41) is 8.03. The van der Waals surface area contributed by atoms with Crippen LogP contribution in [0.4, 0.5) is 9.59 Å². The molecule has 0 aromatic heterocycles. The molecule has 1 rings (SSSR count). The highest BCUT2D eigenvalue weighted by atomic mass is 35.5. The van der Waals surface area contributed by atoms with Crippen molar-refractivity contribution in [2.75, 3.05) is 26.2 Å². The molecule has 4 amide bonds. The van der Waals surface area contributed by atoms with E-state index in [1.165, 1.54) is 0 Å².